The molecule has 0 aromatic carbocycles. The van der Waals surface area contributed by atoms with E-state index in [4.69, 9.17) is 9.84 Å². The SMILES string of the molecule is Cc1csc(C(=O)O)c1S(=O)(=O)N1CC(C)OC(CO)C1. The number of hydrogen-bond donors (Lipinski definition) is 2. The highest BCUT2D eigenvalue weighted by atomic mass is 32.2. The van der Waals surface area contributed by atoms with Crippen LogP contribution < -0.4 is 0 Å². The Labute approximate surface area is 126 Å². The number of hydrogen-bond acceptors (Lipinski definition) is 6. The fourth-order valence-electron chi connectivity index (χ4n) is 2.33. The highest BCUT2D eigenvalue weighted by Crippen LogP contribution is 2.31. The van der Waals surface area contributed by atoms with Crippen molar-refractivity contribution >= 4 is 27.3 Å². The molecule has 0 bridgehead atoms. The van der Waals surface area contributed by atoms with E-state index in [9.17, 15) is 18.3 Å². The van der Waals surface area contributed by atoms with Gasteiger partial charge in [0.1, 0.15) is 9.77 Å². The van der Waals surface area contributed by atoms with Gasteiger partial charge >= 0.3 is 5.97 Å². The molecule has 2 atom stereocenters. The summed E-state index contributed by atoms with van der Waals surface area (Å²) in [5.41, 5.74) is 0.414. The van der Waals surface area contributed by atoms with Crippen molar-refractivity contribution in [3.63, 3.8) is 0 Å². The Kier molecular flexibility index (Phi) is 4.69. The molecule has 2 unspecified atom stereocenters. The molecule has 1 fully saturated rings. The van der Waals surface area contributed by atoms with Crippen LogP contribution in [-0.2, 0) is 14.8 Å². The Morgan fingerprint density at radius 3 is 2.76 bits per heavy atom. The predicted molar refractivity (Wildman–Crippen MR) is 76.2 cm³/mol. The number of sulfonamides is 1. The van der Waals surface area contributed by atoms with E-state index in [1.54, 1.807) is 13.8 Å². The van der Waals surface area contributed by atoms with Crippen molar-refractivity contribution in [2.24, 2.45) is 0 Å². The van der Waals surface area contributed by atoms with Gasteiger partial charge in [-0.15, -0.1) is 11.3 Å². The summed E-state index contributed by atoms with van der Waals surface area (Å²) < 4.78 is 32.1. The van der Waals surface area contributed by atoms with Crippen LogP contribution in [0, 0.1) is 6.92 Å². The van der Waals surface area contributed by atoms with E-state index < -0.39 is 22.1 Å². The van der Waals surface area contributed by atoms with Gasteiger partial charge < -0.3 is 14.9 Å². The number of aliphatic hydroxyl groups excluding tert-OH is 1. The van der Waals surface area contributed by atoms with Crippen LogP contribution >= 0.6 is 11.3 Å². The van der Waals surface area contributed by atoms with E-state index in [2.05, 4.69) is 0 Å². The van der Waals surface area contributed by atoms with Crippen molar-refractivity contribution in [3.8, 4) is 0 Å². The van der Waals surface area contributed by atoms with Crippen molar-refractivity contribution < 1.29 is 28.2 Å². The average Bonchev–Trinajstić information content (AvgIpc) is 2.80. The highest BCUT2D eigenvalue weighted by Gasteiger charge is 2.37. The average molecular weight is 335 g/mol. The number of morpholine rings is 1. The van der Waals surface area contributed by atoms with Gasteiger partial charge in [0.2, 0.25) is 10.0 Å². The van der Waals surface area contributed by atoms with Gasteiger partial charge in [-0.2, -0.15) is 4.31 Å². The topological polar surface area (TPSA) is 104 Å². The van der Waals surface area contributed by atoms with Crippen LogP contribution in [-0.4, -0.2) is 60.8 Å². The van der Waals surface area contributed by atoms with Crippen LogP contribution in [0.15, 0.2) is 10.3 Å². The summed E-state index contributed by atoms with van der Waals surface area (Å²) >= 11 is 0.896. The van der Waals surface area contributed by atoms with E-state index in [1.165, 1.54) is 9.69 Å². The molecular weight excluding hydrogens is 318 g/mol. The Balaban J connectivity index is 2.42. The Hall–Kier alpha value is -1.00. The molecule has 1 aromatic rings. The van der Waals surface area contributed by atoms with E-state index >= 15 is 0 Å². The summed E-state index contributed by atoms with van der Waals surface area (Å²) in [6.07, 6.45) is -0.964. The standard InChI is InChI=1S/C12H17NO6S2/c1-7-6-20-10(12(15)16)11(7)21(17,18)13-3-8(2)19-9(4-13)5-14/h6,8-9,14H,3-5H2,1-2H3,(H,15,16). The predicted octanol–water partition coefficient (Wildman–Crippen LogP) is 0.525. The Bertz CT molecular complexity index is 638. The van der Waals surface area contributed by atoms with Crippen molar-refractivity contribution in [2.45, 2.75) is 31.0 Å². The van der Waals surface area contributed by atoms with Crippen LogP contribution in [0.3, 0.4) is 0 Å². The number of aromatic carboxylic acids is 1. The largest absolute Gasteiger partial charge is 0.477 e. The lowest BCUT2D eigenvalue weighted by Crippen LogP contribution is -2.50. The molecule has 0 radical (unpaired) electrons. The minimum atomic E-state index is -3.93. The molecule has 1 saturated heterocycles. The van der Waals surface area contributed by atoms with Crippen molar-refractivity contribution in [1.29, 1.82) is 0 Å². The second-order valence-corrected chi connectivity index (χ2v) is 7.71. The molecule has 2 N–H and O–H groups in total. The Morgan fingerprint density at radius 1 is 1.52 bits per heavy atom. The van der Waals surface area contributed by atoms with Crippen molar-refractivity contribution in [3.05, 3.63) is 15.8 Å². The van der Waals surface area contributed by atoms with Gasteiger partial charge in [-0.1, -0.05) is 0 Å². The number of aryl methyl sites for hydroxylation is 1. The quantitative estimate of drug-likeness (QED) is 0.831. The first-order valence-corrected chi connectivity index (χ1v) is 8.67. The second kappa shape index (κ2) is 6.01. The summed E-state index contributed by atoms with van der Waals surface area (Å²) in [7, 11) is -3.93. The molecule has 0 aliphatic carbocycles. The molecule has 21 heavy (non-hydrogen) atoms. The number of carbonyl (C=O) groups is 1. The maximum absolute atomic E-state index is 12.7. The fraction of sp³-hybridized carbons (Fsp3) is 0.583. The monoisotopic (exact) mass is 335 g/mol. The van der Waals surface area contributed by atoms with Gasteiger partial charge in [-0.25, -0.2) is 13.2 Å². The van der Waals surface area contributed by atoms with E-state index in [1.807, 2.05) is 0 Å². The number of carboxylic acids is 1. The van der Waals surface area contributed by atoms with Crippen LogP contribution in [0.1, 0.15) is 22.2 Å². The third-order valence-corrected chi connectivity index (χ3v) is 6.44. The number of thiophene rings is 1. The van der Waals surface area contributed by atoms with Crippen LogP contribution in [0.4, 0.5) is 0 Å². The van der Waals surface area contributed by atoms with E-state index in [-0.39, 0.29) is 35.6 Å². The molecule has 1 aliphatic heterocycles. The normalized spacial score (nSPS) is 24.1. The molecule has 7 nitrogen and oxygen atoms in total. The smallest absolute Gasteiger partial charge is 0.347 e. The molecule has 0 amide bonds. The summed E-state index contributed by atoms with van der Waals surface area (Å²) in [5.74, 6) is -1.26. The third kappa shape index (κ3) is 3.11. The highest BCUT2D eigenvalue weighted by molar-refractivity contribution is 7.89. The van der Waals surface area contributed by atoms with Crippen LogP contribution in [0.25, 0.3) is 0 Å². The van der Waals surface area contributed by atoms with E-state index in [0.29, 0.717) is 5.56 Å². The third-order valence-electron chi connectivity index (χ3n) is 3.21. The molecular formula is C12H17NO6S2. The van der Waals surface area contributed by atoms with Gasteiger partial charge in [0.15, 0.2) is 0 Å². The van der Waals surface area contributed by atoms with E-state index in [0.717, 1.165) is 11.3 Å². The van der Waals surface area contributed by atoms with Gasteiger partial charge in [0.25, 0.3) is 0 Å². The number of ether oxygens (including phenoxy) is 1. The van der Waals surface area contributed by atoms with Crippen LogP contribution in [0.5, 0.6) is 0 Å². The summed E-state index contributed by atoms with van der Waals surface area (Å²) in [4.78, 5) is 10.9. The molecule has 2 rings (SSSR count). The number of rotatable bonds is 4. The Morgan fingerprint density at radius 2 is 2.19 bits per heavy atom. The summed E-state index contributed by atoms with van der Waals surface area (Å²) in [6, 6.07) is 0. The molecule has 2 heterocycles. The number of aliphatic hydroxyl groups is 1. The first-order chi connectivity index (χ1) is 9.77. The lowest BCUT2D eigenvalue weighted by Gasteiger charge is -2.35. The zero-order chi connectivity index (χ0) is 15.8. The van der Waals surface area contributed by atoms with Gasteiger partial charge in [-0.05, 0) is 24.8 Å². The van der Waals surface area contributed by atoms with Gasteiger partial charge in [0, 0.05) is 13.1 Å². The molecule has 0 spiro atoms. The van der Waals surface area contributed by atoms with Gasteiger partial charge in [0.05, 0.1) is 18.8 Å². The maximum atomic E-state index is 12.7. The minimum absolute atomic E-state index is 0.0114. The number of carboxylic acid groups (broad SMARTS) is 1. The molecule has 1 aromatic heterocycles. The van der Waals surface area contributed by atoms with Crippen molar-refractivity contribution in [1.82, 2.24) is 4.31 Å². The zero-order valence-electron chi connectivity index (χ0n) is 11.6. The zero-order valence-corrected chi connectivity index (χ0v) is 13.3. The lowest BCUT2D eigenvalue weighted by molar-refractivity contribution is -0.0750. The summed E-state index contributed by atoms with van der Waals surface area (Å²) in [6.45, 7) is 3.14. The molecule has 0 saturated carbocycles. The first kappa shape index (κ1) is 16.4. The van der Waals surface area contributed by atoms with Crippen molar-refractivity contribution in [2.75, 3.05) is 19.7 Å². The molecule has 118 valence electrons. The molecule has 1 aliphatic rings. The number of nitrogens with zero attached hydrogens (tertiary/aromatic N) is 1. The lowest BCUT2D eigenvalue weighted by atomic mass is 10.2. The maximum Gasteiger partial charge on any atom is 0.347 e. The first-order valence-electron chi connectivity index (χ1n) is 6.35. The second-order valence-electron chi connectivity index (χ2n) is 4.96. The summed E-state index contributed by atoms with van der Waals surface area (Å²) in [5, 5.41) is 19.9. The molecule has 9 heteroatoms. The fourth-order valence-corrected chi connectivity index (χ4v) is 5.46. The van der Waals surface area contributed by atoms with Gasteiger partial charge in [-0.3, -0.25) is 0 Å². The van der Waals surface area contributed by atoms with Crippen LogP contribution in [0.2, 0.25) is 0 Å². The minimum Gasteiger partial charge on any atom is -0.477 e.